The molecule has 2 heterocycles. The highest BCUT2D eigenvalue weighted by Crippen LogP contribution is 2.41. The normalized spacial score (nSPS) is 11.9. The van der Waals surface area contributed by atoms with Crippen LogP contribution in [0.15, 0.2) is 100 Å². The minimum atomic E-state index is -0.593. The van der Waals surface area contributed by atoms with Crippen LogP contribution in [0.1, 0.15) is 45.1 Å². The Labute approximate surface area is 274 Å². The van der Waals surface area contributed by atoms with Crippen LogP contribution >= 0.6 is 15.9 Å². The van der Waals surface area contributed by atoms with Gasteiger partial charge in [-0.05, 0) is 72.5 Å². The Morgan fingerprint density at radius 2 is 1.67 bits per heavy atom. The zero-order chi connectivity index (χ0) is 32.4. The zero-order valence-electron chi connectivity index (χ0n) is 25.8. The van der Waals surface area contributed by atoms with Crippen molar-refractivity contribution in [3.05, 3.63) is 134 Å². The molecule has 4 aromatic carbocycles. The van der Waals surface area contributed by atoms with Crippen molar-refractivity contribution in [3.8, 4) is 17.2 Å². The number of aryl methyl sites for hydroxylation is 2. The number of benzene rings is 4. The minimum Gasteiger partial charge on any atom is -0.507 e. The van der Waals surface area contributed by atoms with E-state index in [1.165, 1.54) is 7.11 Å². The van der Waals surface area contributed by atoms with Gasteiger partial charge in [0.25, 0.3) is 11.5 Å². The smallest absolute Gasteiger partial charge is 0.258 e. The molecule has 0 fully saturated rings. The number of aromatic hydroxyl groups is 1. The number of hydrogen-bond acceptors (Lipinski definition) is 5. The van der Waals surface area contributed by atoms with Gasteiger partial charge in [-0.2, -0.15) is 0 Å². The fourth-order valence-electron chi connectivity index (χ4n) is 6.21. The van der Waals surface area contributed by atoms with Gasteiger partial charge < -0.3 is 29.4 Å². The number of methoxy groups -OCH3 is 2. The Hall–Kier alpha value is -5.02. The molecule has 6 rings (SSSR count). The van der Waals surface area contributed by atoms with Gasteiger partial charge in [0.1, 0.15) is 5.75 Å². The van der Waals surface area contributed by atoms with Crippen molar-refractivity contribution in [3.63, 3.8) is 0 Å². The lowest BCUT2D eigenvalue weighted by atomic mass is 9.85. The van der Waals surface area contributed by atoms with Gasteiger partial charge >= 0.3 is 0 Å². The number of carbonyl (C=O) groups excluding carboxylic acids is 1. The summed E-state index contributed by atoms with van der Waals surface area (Å²) < 4.78 is 13.1. The fourth-order valence-corrected chi connectivity index (χ4v) is 6.63. The van der Waals surface area contributed by atoms with E-state index >= 15 is 0 Å². The van der Waals surface area contributed by atoms with E-state index < -0.39 is 5.92 Å². The highest BCUT2D eigenvalue weighted by Gasteiger charge is 2.30. The average molecular weight is 681 g/mol. The van der Waals surface area contributed by atoms with Crippen LogP contribution in [0.4, 0.5) is 0 Å². The lowest BCUT2D eigenvalue weighted by molar-refractivity contribution is 0.0953. The summed E-state index contributed by atoms with van der Waals surface area (Å²) in [6.07, 6.45) is 1.26. The number of nitrogens with zero attached hydrogens (tertiary/aromatic N) is 1. The second kappa shape index (κ2) is 13.1. The number of aromatic amines is 1. The second-order valence-corrected chi connectivity index (χ2v) is 12.0. The van der Waals surface area contributed by atoms with Crippen LogP contribution in [0, 0.1) is 0 Å². The number of para-hydroxylation sites is 2. The van der Waals surface area contributed by atoms with Gasteiger partial charge in [0.15, 0.2) is 11.5 Å². The molecule has 0 aliphatic carbocycles. The molecule has 0 spiro atoms. The van der Waals surface area contributed by atoms with Crippen LogP contribution in [0.2, 0.25) is 0 Å². The van der Waals surface area contributed by atoms with Crippen LogP contribution in [0.5, 0.6) is 17.2 Å². The third-order valence-corrected chi connectivity index (χ3v) is 8.94. The molecular weight excluding hydrogens is 646 g/mol. The van der Waals surface area contributed by atoms with Crippen molar-refractivity contribution in [2.45, 2.75) is 18.8 Å². The summed E-state index contributed by atoms with van der Waals surface area (Å²) >= 11 is 3.61. The van der Waals surface area contributed by atoms with Gasteiger partial charge in [-0.1, -0.05) is 58.4 Å². The second-order valence-electron chi connectivity index (χ2n) is 11.1. The third-order valence-electron chi connectivity index (χ3n) is 8.45. The molecule has 3 N–H and O–H groups in total. The van der Waals surface area contributed by atoms with E-state index in [2.05, 4.69) is 32.3 Å². The quantitative estimate of drug-likeness (QED) is 0.135. The molecule has 0 aliphatic rings. The molecule has 46 heavy (non-hydrogen) atoms. The van der Waals surface area contributed by atoms with E-state index in [0.29, 0.717) is 52.9 Å². The van der Waals surface area contributed by atoms with E-state index in [1.807, 2.05) is 66.7 Å². The number of ether oxygens (including phenoxy) is 2. The summed E-state index contributed by atoms with van der Waals surface area (Å²) in [4.78, 5) is 30.7. The Bertz CT molecular complexity index is 2130. The predicted molar refractivity (Wildman–Crippen MR) is 184 cm³/mol. The van der Waals surface area contributed by atoms with Crippen molar-refractivity contribution in [1.82, 2.24) is 14.9 Å². The Morgan fingerprint density at radius 3 is 2.43 bits per heavy atom. The van der Waals surface area contributed by atoms with Gasteiger partial charge in [0, 0.05) is 45.6 Å². The number of carbonyl (C=O) groups is 1. The fraction of sp³-hybridized carbons (Fsp3) is 0.189. The van der Waals surface area contributed by atoms with Crippen molar-refractivity contribution < 1.29 is 19.4 Å². The van der Waals surface area contributed by atoms with Crippen LogP contribution in [0.25, 0.3) is 21.8 Å². The number of hydrogen-bond donors (Lipinski definition) is 3. The molecule has 1 atom stereocenters. The van der Waals surface area contributed by atoms with Crippen LogP contribution in [0.3, 0.4) is 0 Å². The number of rotatable bonds is 10. The molecule has 1 unspecified atom stereocenters. The average Bonchev–Trinajstić information content (AvgIpc) is 3.44. The number of pyridine rings is 1. The minimum absolute atomic E-state index is 0.0320. The van der Waals surface area contributed by atoms with Crippen molar-refractivity contribution in [1.29, 1.82) is 0 Å². The zero-order valence-corrected chi connectivity index (χ0v) is 27.4. The Kier molecular flexibility index (Phi) is 8.85. The standard InChI is InChI=1S/C37H34BrN3O5/c1-41-29-16-7-5-13-27(29)35(42)33(37(41)44)32(22-10-8-11-24(38)20-22)34-26(25-12-4-6-15-28(25)40-34)14-9-19-39-36(43)23-17-18-30(45-2)31(21-23)46-3/h4-8,10-13,15-18,20-21,32,40,42H,9,14,19H2,1-3H3,(H,39,43). The van der Waals surface area contributed by atoms with Gasteiger partial charge in [0.2, 0.25) is 0 Å². The van der Waals surface area contributed by atoms with Crippen LogP contribution in [-0.2, 0) is 13.5 Å². The summed E-state index contributed by atoms with van der Waals surface area (Å²) in [5.74, 6) is 0.204. The SMILES string of the molecule is COc1ccc(C(=O)NCCCc2c(C(c3cccc(Br)c3)c3c(O)c4ccccc4n(C)c3=O)[nH]c3ccccc23)cc1OC. The lowest BCUT2D eigenvalue weighted by Gasteiger charge is -2.22. The summed E-state index contributed by atoms with van der Waals surface area (Å²) in [5, 5.41) is 16.4. The molecule has 6 aromatic rings. The largest absolute Gasteiger partial charge is 0.507 e. The molecule has 2 aromatic heterocycles. The number of fused-ring (bicyclic) bond motifs is 2. The number of H-pyrrole nitrogens is 1. The third kappa shape index (κ3) is 5.74. The number of amides is 1. The van der Waals surface area contributed by atoms with Crippen molar-refractivity contribution >= 4 is 43.6 Å². The first-order valence-electron chi connectivity index (χ1n) is 15.0. The maximum absolute atomic E-state index is 14.1. The molecule has 0 radical (unpaired) electrons. The molecule has 0 saturated heterocycles. The number of halogens is 1. The monoisotopic (exact) mass is 679 g/mol. The molecule has 8 nitrogen and oxygen atoms in total. The molecule has 9 heteroatoms. The van der Waals surface area contributed by atoms with E-state index in [4.69, 9.17) is 9.47 Å². The highest BCUT2D eigenvalue weighted by molar-refractivity contribution is 9.10. The summed E-state index contributed by atoms with van der Waals surface area (Å²) in [5.41, 5.74) is 4.79. The van der Waals surface area contributed by atoms with Gasteiger partial charge in [-0.15, -0.1) is 0 Å². The first-order chi connectivity index (χ1) is 22.3. The molecule has 0 saturated carbocycles. The van der Waals surface area contributed by atoms with Gasteiger partial charge in [-0.25, -0.2) is 0 Å². The first-order valence-corrected chi connectivity index (χ1v) is 15.8. The van der Waals surface area contributed by atoms with Crippen LogP contribution < -0.4 is 20.3 Å². The molecule has 234 valence electrons. The van der Waals surface area contributed by atoms with Gasteiger partial charge in [0.05, 0.1) is 31.2 Å². The number of aromatic nitrogens is 2. The van der Waals surface area contributed by atoms with Crippen LogP contribution in [-0.4, -0.2) is 41.3 Å². The van der Waals surface area contributed by atoms with Gasteiger partial charge in [-0.3, -0.25) is 9.59 Å². The molecular formula is C37H34BrN3O5. The Balaban J connectivity index is 1.39. The van der Waals surface area contributed by atoms with E-state index in [-0.39, 0.29) is 17.2 Å². The maximum Gasteiger partial charge on any atom is 0.258 e. The molecule has 0 bridgehead atoms. The summed E-state index contributed by atoms with van der Waals surface area (Å²) in [6.45, 7) is 0.427. The maximum atomic E-state index is 14.1. The molecule has 1 amide bonds. The van der Waals surface area contributed by atoms with E-state index in [1.54, 1.807) is 36.9 Å². The topological polar surface area (TPSA) is 106 Å². The predicted octanol–water partition coefficient (Wildman–Crippen LogP) is 7.05. The van der Waals surface area contributed by atoms with E-state index in [0.717, 1.165) is 32.2 Å². The Morgan fingerprint density at radius 1 is 0.935 bits per heavy atom. The van der Waals surface area contributed by atoms with Crippen molar-refractivity contribution in [2.24, 2.45) is 7.05 Å². The first kappa shape index (κ1) is 31.0. The highest BCUT2D eigenvalue weighted by atomic mass is 79.9. The number of nitrogens with one attached hydrogen (secondary N) is 2. The summed E-state index contributed by atoms with van der Waals surface area (Å²) in [7, 11) is 4.82. The summed E-state index contributed by atoms with van der Waals surface area (Å²) in [6, 6.07) is 28.3. The van der Waals surface area contributed by atoms with Crippen molar-refractivity contribution in [2.75, 3.05) is 20.8 Å². The lowest BCUT2D eigenvalue weighted by Crippen LogP contribution is -2.26. The van der Waals surface area contributed by atoms with E-state index in [9.17, 15) is 14.7 Å². The molecule has 0 aliphatic heterocycles.